The van der Waals surface area contributed by atoms with Gasteiger partial charge in [-0.3, -0.25) is 0 Å². The first-order valence-electron chi connectivity index (χ1n) is 4.44. The predicted molar refractivity (Wildman–Crippen MR) is 58.3 cm³/mol. The lowest BCUT2D eigenvalue weighted by Gasteiger charge is -1.95. The summed E-state index contributed by atoms with van der Waals surface area (Å²) in [6.07, 6.45) is 6.22. The summed E-state index contributed by atoms with van der Waals surface area (Å²) in [6.45, 7) is 0. The SMILES string of the molecule is COC(=O)/C=C\C=C\c1ccccc1O. The van der Waals surface area contributed by atoms with Crippen molar-refractivity contribution in [3.05, 3.63) is 48.1 Å². The van der Waals surface area contributed by atoms with Crippen LogP contribution in [-0.4, -0.2) is 18.2 Å². The highest BCUT2D eigenvalue weighted by atomic mass is 16.5. The highest BCUT2D eigenvalue weighted by Crippen LogP contribution is 2.16. The Labute approximate surface area is 88.3 Å². The van der Waals surface area contributed by atoms with E-state index in [0.29, 0.717) is 5.56 Å². The largest absolute Gasteiger partial charge is 0.507 e. The van der Waals surface area contributed by atoms with Crippen LogP contribution in [0.25, 0.3) is 6.08 Å². The van der Waals surface area contributed by atoms with Gasteiger partial charge in [-0.2, -0.15) is 0 Å². The maximum Gasteiger partial charge on any atom is 0.330 e. The standard InChI is InChI=1S/C12H12O3/c1-15-12(14)9-5-3-7-10-6-2-4-8-11(10)13/h2-9,13H,1H3/b7-3+,9-5-. The highest BCUT2D eigenvalue weighted by molar-refractivity contribution is 5.82. The average molecular weight is 204 g/mol. The van der Waals surface area contributed by atoms with Gasteiger partial charge in [-0.05, 0) is 6.07 Å². The van der Waals surface area contributed by atoms with Crippen LogP contribution in [-0.2, 0) is 9.53 Å². The van der Waals surface area contributed by atoms with Crippen LogP contribution < -0.4 is 0 Å². The molecule has 78 valence electrons. The third-order valence-electron chi connectivity index (χ3n) is 1.76. The number of aromatic hydroxyl groups is 1. The molecular weight excluding hydrogens is 192 g/mol. The first kappa shape index (κ1) is 11.0. The summed E-state index contributed by atoms with van der Waals surface area (Å²) in [5, 5.41) is 9.40. The molecule has 0 aliphatic rings. The molecule has 0 aromatic heterocycles. The minimum absolute atomic E-state index is 0.209. The minimum Gasteiger partial charge on any atom is -0.507 e. The fraction of sp³-hybridized carbons (Fsp3) is 0.0833. The molecule has 0 fully saturated rings. The van der Waals surface area contributed by atoms with Gasteiger partial charge in [0.2, 0.25) is 0 Å². The molecule has 1 rings (SSSR count). The molecule has 0 saturated heterocycles. The fourth-order valence-electron chi connectivity index (χ4n) is 0.990. The van der Waals surface area contributed by atoms with Gasteiger partial charge in [-0.1, -0.05) is 36.4 Å². The van der Waals surface area contributed by atoms with Gasteiger partial charge in [0.1, 0.15) is 5.75 Å². The molecule has 0 aliphatic carbocycles. The molecule has 0 aliphatic heterocycles. The number of hydrogen-bond donors (Lipinski definition) is 1. The Morgan fingerprint density at radius 3 is 2.73 bits per heavy atom. The van der Waals surface area contributed by atoms with E-state index in [-0.39, 0.29) is 5.75 Å². The Hall–Kier alpha value is -2.03. The highest BCUT2D eigenvalue weighted by Gasteiger charge is 1.92. The monoisotopic (exact) mass is 204 g/mol. The molecule has 0 amide bonds. The van der Waals surface area contributed by atoms with Crippen molar-refractivity contribution < 1.29 is 14.6 Å². The summed E-state index contributed by atoms with van der Waals surface area (Å²) in [5.41, 5.74) is 0.701. The Morgan fingerprint density at radius 2 is 2.07 bits per heavy atom. The molecule has 0 saturated carbocycles. The van der Waals surface area contributed by atoms with Gasteiger partial charge < -0.3 is 9.84 Å². The second-order valence-electron chi connectivity index (χ2n) is 2.80. The molecule has 1 aromatic rings. The average Bonchev–Trinajstić information content (AvgIpc) is 2.26. The lowest BCUT2D eigenvalue weighted by atomic mass is 10.2. The zero-order valence-electron chi connectivity index (χ0n) is 8.38. The van der Waals surface area contributed by atoms with Crippen molar-refractivity contribution in [2.45, 2.75) is 0 Å². The van der Waals surface area contributed by atoms with Crippen molar-refractivity contribution in [3.63, 3.8) is 0 Å². The minimum atomic E-state index is -0.406. The third kappa shape index (κ3) is 3.68. The number of phenolic OH excluding ortho intramolecular Hbond substituents is 1. The number of hydrogen-bond acceptors (Lipinski definition) is 3. The molecule has 0 atom stereocenters. The lowest BCUT2D eigenvalue weighted by Crippen LogP contribution is -1.92. The Bertz CT molecular complexity index is 392. The first-order valence-corrected chi connectivity index (χ1v) is 4.44. The van der Waals surface area contributed by atoms with Crippen molar-refractivity contribution >= 4 is 12.0 Å². The van der Waals surface area contributed by atoms with Gasteiger partial charge in [-0.15, -0.1) is 0 Å². The molecular formula is C12H12O3. The topological polar surface area (TPSA) is 46.5 Å². The number of phenols is 1. The number of esters is 1. The predicted octanol–water partition coefficient (Wildman–Crippen LogP) is 2.13. The fourth-order valence-corrected chi connectivity index (χ4v) is 0.990. The van der Waals surface area contributed by atoms with E-state index in [1.54, 1.807) is 36.4 Å². The maximum atomic E-state index is 10.7. The molecule has 0 radical (unpaired) electrons. The summed E-state index contributed by atoms with van der Waals surface area (Å²) in [4.78, 5) is 10.7. The number of ether oxygens (including phenoxy) is 1. The summed E-state index contributed by atoms with van der Waals surface area (Å²) in [6, 6.07) is 6.95. The number of methoxy groups -OCH3 is 1. The molecule has 15 heavy (non-hydrogen) atoms. The Balaban J connectivity index is 2.63. The van der Waals surface area contributed by atoms with Gasteiger partial charge >= 0.3 is 5.97 Å². The van der Waals surface area contributed by atoms with Crippen LogP contribution in [0.4, 0.5) is 0 Å². The van der Waals surface area contributed by atoms with Crippen molar-refractivity contribution in [2.24, 2.45) is 0 Å². The first-order chi connectivity index (χ1) is 7.24. The van der Waals surface area contributed by atoms with Crippen LogP contribution in [0.2, 0.25) is 0 Å². The van der Waals surface area contributed by atoms with Crippen molar-refractivity contribution in [2.75, 3.05) is 7.11 Å². The Kier molecular flexibility index (Phi) is 4.16. The van der Waals surface area contributed by atoms with Gasteiger partial charge in [0, 0.05) is 11.6 Å². The third-order valence-corrected chi connectivity index (χ3v) is 1.76. The number of allylic oxidation sites excluding steroid dienone is 2. The van der Waals surface area contributed by atoms with Crippen LogP contribution in [0.3, 0.4) is 0 Å². The number of carbonyl (C=O) groups excluding carboxylic acids is 1. The second kappa shape index (κ2) is 5.65. The lowest BCUT2D eigenvalue weighted by molar-refractivity contribution is -0.134. The van der Waals surface area contributed by atoms with Crippen LogP contribution in [0.1, 0.15) is 5.56 Å². The van der Waals surface area contributed by atoms with Crippen LogP contribution in [0, 0.1) is 0 Å². The van der Waals surface area contributed by atoms with E-state index in [4.69, 9.17) is 0 Å². The molecule has 0 heterocycles. The number of carbonyl (C=O) groups is 1. The normalized spacial score (nSPS) is 11.0. The van der Waals surface area contributed by atoms with E-state index < -0.39 is 5.97 Å². The van der Waals surface area contributed by atoms with Crippen molar-refractivity contribution in [1.82, 2.24) is 0 Å². The van der Waals surface area contributed by atoms with Gasteiger partial charge in [0.25, 0.3) is 0 Å². The van der Waals surface area contributed by atoms with E-state index in [0.717, 1.165) is 0 Å². The van der Waals surface area contributed by atoms with E-state index in [1.165, 1.54) is 13.2 Å². The molecule has 0 unspecified atom stereocenters. The zero-order chi connectivity index (χ0) is 11.1. The van der Waals surface area contributed by atoms with Gasteiger partial charge in [0.05, 0.1) is 7.11 Å². The molecule has 0 spiro atoms. The van der Waals surface area contributed by atoms with E-state index in [9.17, 15) is 9.90 Å². The zero-order valence-corrected chi connectivity index (χ0v) is 8.38. The molecule has 3 nitrogen and oxygen atoms in total. The van der Waals surface area contributed by atoms with E-state index >= 15 is 0 Å². The number of para-hydroxylation sites is 1. The smallest absolute Gasteiger partial charge is 0.330 e. The van der Waals surface area contributed by atoms with E-state index in [2.05, 4.69) is 4.74 Å². The van der Waals surface area contributed by atoms with Gasteiger partial charge in [0.15, 0.2) is 0 Å². The summed E-state index contributed by atoms with van der Waals surface area (Å²) >= 11 is 0. The van der Waals surface area contributed by atoms with Gasteiger partial charge in [-0.25, -0.2) is 4.79 Å². The molecule has 1 N–H and O–H groups in total. The van der Waals surface area contributed by atoms with Crippen LogP contribution in [0.5, 0.6) is 5.75 Å². The van der Waals surface area contributed by atoms with E-state index in [1.807, 2.05) is 6.07 Å². The second-order valence-corrected chi connectivity index (χ2v) is 2.80. The maximum absolute atomic E-state index is 10.7. The summed E-state index contributed by atoms with van der Waals surface area (Å²) in [7, 11) is 1.32. The van der Waals surface area contributed by atoms with Crippen LogP contribution in [0.15, 0.2) is 42.5 Å². The quantitative estimate of drug-likeness (QED) is 0.466. The number of rotatable bonds is 3. The molecule has 0 bridgehead atoms. The van der Waals surface area contributed by atoms with Crippen LogP contribution >= 0.6 is 0 Å². The summed E-state index contributed by atoms with van der Waals surface area (Å²) in [5.74, 6) is -0.197. The summed E-state index contributed by atoms with van der Waals surface area (Å²) < 4.78 is 4.42. The van der Waals surface area contributed by atoms with Crippen molar-refractivity contribution in [3.8, 4) is 5.75 Å². The molecule has 3 heteroatoms. The van der Waals surface area contributed by atoms with Crippen molar-refractivity contribution in [1.29, 1.82) is 0 Å². The molecule has 1 aromatic carbocycles. The Morgan fingerprint density at radius 1 is 1.33 bits per heavy atom. The number of benzene rings is 1.